The molecule has 0 aliphatic rings. The van der Waals surface area contributed by atoms with Gasteiger partial charge < -0.3 is 4.98 Å². The number of carbonyl (C=O) groups excluding carboxylic acids is 1. The molecule has 20 heavy (non-hydrogen) atoms. The van der Waals surface area contributed by atoms with Crippen LogP contribution in [0, 0.1) is 6.92 Å². The molecule has 2 heterocycles. The smallest absolute Gasteiger partial charge is 0.257 e. The maximum absolute atomic E-state index is 12.0. The van der Waals surface area contributed by atoms with Gasteiger partial charge in [0.25, 0.3) is 5.91 Å². The summed E-state index contributed by atoms with van der Waals surface area (Å²) in [6.45, 7) is 1.82. The van der Waals surface area contributed by atoms with Crippen LogP contribution in [0.15, 0.2) is 34.6 Å². The van der Waals surface area contributed by atoms with E-state index in [0.29, 0.717) is 21.6 Å². The molecule has 2 N–H and O–H groups in total. The second-order valence-electron chi connectivity index (χ2n) is 4.27. The zero-order valence-electron chi connectivity index (χ0n) is 10.5. The van der Waals surface area contributed by atoms with Gasteiger partial charge >= 0.3 is 0 Å². The largest absolute Gasteiger partial charge is 0.358 e. The van der Waals surface area contributed by atoms with Crippen LogP contribution in [0.1, 0.15) is 16.1 Å². The van der Waals surface area contributed by atoms with E-state index in [9.17, 15) is 9.59 Å². The van der Waals surface area contributed by atoms with Crippen molar-refractivity contribution in [1.29, 1.82) is 0 Å². The normalized spacial score (nSPS) is 10.7. The predicted molar refractivity (Wildman–Crippen MR) is 77.2 cm³/mol. The Morgan fingerprint density at radius 3 is 2.95 bits per heavy atom. The summed E-state index contributed by atoms with van der Waals surface area (Å²) >= 11 is 1.23. The molecule has 3 rings (SSSR count). The van der Waals surface area contributed by atoms with E-state index in [1.54, 1.807) is 18.2 Å². The van der Waals surface area contributed by atoms with Crippen molar-refractivity contribution >= 4 is 33.3 Å². The molecular formula is C13H10N4O2S. The summed E-state index contributed by atoms with van der Waals surface area (Å²) < 4.78 is 0. The molecule has 0 radical (unpaired) electrons. The van der Waals surface area contributed by atoms with E-state index < -0.39 is 0 Å². The van der Waals surface area contributed by atoms with Crippen molar-refractivity contribution < 1.29 is 4.79 Å². The molecule has 0 fully saturated rings. The number of anilines is 1. The van der Waals surface area contributed by atoms with Crippen LogP contribution in [0.5, 0.6) is 0 Å². The Morgan fingerprint density at radius 2 is 2.20 bits per heavy atom. The molecule has 0 saturated heterocycles. The van der Waals surface area contributed by atoms with E-state index in [2.05, 4.69) is 20.5 Å². The molecule has 6 nitrogen and oxygen atoms in total. The van der Waals surface area contributed by atoms with Gasteiger partial charge in [0, 0.05) is 28.2 Å². The minimum atomic E-state index is -0.316. The van der Waals surface area contributed by atoms with Gasteiger partial charge in [0.15, 0.2) is 5.43 Å². The standard InChI is InChI=1S/C13H10N4O2S/c1-7-4-11(18)9-5-8(2-3-10(9)15-7)12(19)16-13-17-14-6-20-13/h2-6H,1H3,(H,15,18)(H,16,17,19). The highest BCUT2D eigenvalue weighted by atomic mass is 32.1. The number of hydrogen-bond acceptors (Lipinski definition) is 5. The SMILES string of the molecule is Cc1cc(=O)c2cc(C(=O)Nc3nncs3)ccc2[nH]1. The van der Waals surface area contributed by atoms with Gasteiger partial charge in [-0.05, 0) is 25.1 Å². The van der Waals surface area contributed by atoms with Gasteiger partial charge in [-0.15, -0.1) is 10.2 Å². The number of nitrogens with zero attached hydrogens (tertiary/aromatic N) is 2. The van der Waals surface area contributed by atoms with Crippen LogP contribution in [-0.2, 0) is 0 Å². The molecule has 1 amide bonds. The quantitative estimate of drug-likeness (QED) is 0.753. The molecule has 2 aromatic heterocycles. The Bertz CT molecular complexity index is 839. The molecule has 0 atom stereocenters. The number of aromatic nitrogens is 3. The zero-order valence-corrected chi connectivity index (χ0v) is 11.3. The zero-order chi connectivity index (χ0) is 14.1. The topological polar surface area (TPSA) is 87.7 Å². The van der Waals surface area contributed by atoms with Gasteiger partial charge in [0.2, 0.25) is 5.13 Å². The lowest BCUT2D eigenvalue weighted by atomic mass is 10.1. The second kappa shape index (κ2) is 4.86. The third-order valence-electron chi connectivity index (χ3n) is 2.81. The second-order valence-corrected chi connectivity index (χ2v) is 5.11. The van der Waals surface area contributed by atoms with Crippen LogP contribution in [0.3, 0.4) is 0 Å². The molecule has 3 aromatic rings. The number of nitrogens with one attached hydrogen (secondary N) is 2. The van der Waals surface area contributed by atoms with Crippen LogP contribution in [0.4, 0.5) is 5.13 Å². The first kappa shape index (κ1) is 12.5. The molecule has 0 spiro atoms. The van der Waals surface area contributed by atoms with Gasteiger partial charge in [-0.25, -0.2) is 0 Å². The van der Waals surface area contributed by atoms with E-state index in [1.165, 1.54) is 22.9 Å². The first-order chi connectivity index (χ1) is 9.63. The molecule has 0 unspecified atom stereocenters. The van der Waals surface area contributed by atoms with Gasteiger partial charge in [-0.1, -0.05) is 11.3 Å². The van der Waals surface area contributed by atoms with Crippen LogP contribution in [-0.4, -0.2) is 21.1 Å². The summed E-state index contributed by atoms with van der Waals surface area (Å²) in [4.78, 5) is 27.1. The Balaban J connectivity index is 2.00. The van der Waals surface area contributed by atoms with Gasteiger partial charge in [0.05, 0.1) is 0 Å². The lowest BCUT2D eigenvalue weighted by Gasteiger charge is -2.04. The lowest BCUT2D eigenvalue weighted by Crippen LogP contribution is -2.13. The Kier molecular flexibility index (Phi) is 3.03. The molecule has 0 bridgehead atoms. The highest BCUT2D eigenvalue weighted by Gasteiger charge is 2.10. The first-order valence-corrected chi connectivity index (χ1v) is 6.72. The number of amides is 1. The summed E-state index contributed by atoms with van der Waals surface area (Å²) in [6, 6.07) is 6.46. The lowest BCUT2D eigenvalue weighted by molar-refractivity contribution is 0.102. The number of hydrogen-bond donors (Lipinski definition) is 2. The fourth-order valence-corrected chi connectivity index (χ4v) is 2.36. The van der Waals surface area contributed by atoms with E-state index in [-0.39, 0.29) is 11.3 Å². The fraction of sp³-hybridized carbons (Fsp3) is 0.0769. The molecule has 0 saturated carbocycles. The van der Waals surface area contributed by atoms with Crippen molar-refractivity contribution in [3.63, 3.8) is 0 Å². The summed E-state index contributed by atoms with van der Waals surface area (Å²) in [7, 11) is 0. The van der Waals surface area contributed by atoms with E-state index >= 15 is 0 Å². The number of rotatable bonds is 2. The number of fused-ring (bicyclic) bond motifs is 1. The number of H-pyrrole nitrogens is 1. The maximum atomic E-state index is 12.0. The van der Waals surface area contributed by atoms with Gasteiger partial charge in [0.1, 0.15) is 5.51 Å². The summed E-state index contributed by atoms with van der Waals surface area (Å²) in [5, 5.41) is 10.9. The molecule has 7 heteroatoms. The average molecular weight is 286 g/mol. The minimum absolute atomic E-state index is 0.109. The summed E-state index contributed by atoms with van der Waals surface area (Å²) in [5.74, 6) is -0.316. The number of pyridine rings is 1. The van der Waals surface area contributed by atoms with Gasteiger partial charge in [-0.3, -0.25) is 14.9 Å². The highest BCUT2D eigenvalue weighted by molar-refractivity contribution is 7.13. The predicted octanol–water partition coefficient (Wildman–Crippen LogP) is 1.94. The summed E-state index contributed by atoms with van der Waals surface area (Å²) in [6.07, 6.45) is 0. The number of benzene rings is 1. The third kappa shape index (κ3) is 2.30. The van der Waals surface area contributed by atoms with Crippen molar-refractivity contribution in [3.8, 4) is 0 Å². The minimum Gasteiger partial charge on any atom is -0.358 e. The summed E-state index contributed by atoms with van der Waals surface area (Å²) in [5.41, 5.74) is 3.32. The van der Waals surface area contributed by atoms with Crippen LogP contribution < -0.4 is 10.7 Å². The monoisotopic (exact) mass is 286 g/mol. The highest BCUT2D eigenvalue weighted by Crippen LogP contribution is 2.14. The van der Waals surface area contributed by atoms with E-state index in [4.69, 9.17) is 0 Å². The molecule has 0 aliphatic heterocycles. The Morgan fingerprint density at radius 1 is 1.35 bits per heavy atom. The van der Waals surface area contributed by atoms with Crippen molar-refractivity contribution in [2.24, 2.45) is 0 Å². The number of carbonyl (C=O) groups is 1. The molecular weight excluding hydrogens is 276 g/mol. The maximum Gasteiger partial charge on any atom is 0.257 e. The fourth-order valence-electron chi connectivity index (χ4n) is 1.92. The first-order valence-electron chi connectivity index (χ1n) is 5.85. The van der Waals surface area contributed by atoms with Crippen molar-refractivity contribution in [1.82, 2.24) is 15.2 Å². The van der Waals surface area contributed by atoms with Crippen molar-refractivity contribution in [2.45, 2.75) is 6.92 Å². The van der Waals surface area contributed by atoms with E-state index in [1.807, 2.05) is 6.92 Å². The van der Waals surface area contributed by atoms with Crippen molar-refractivity contribution in [3.05, 3.63) is 51.3 Å². The average Bonchev–Trinajstić information content (AvgIpc) is 2.91. The molecule has 1 aromatic carbocycles. The Hall–Kier alpha value is -2.54. The van der Waals surface area contributed by atoms with Crippen LogP contribution in [0.2, 0.25) is 0 Å². The number of aromatic amines is 1. The number of aryl methyl sites for hydroxylation is 1. The Labute approximate surface area is 117 Å². The third-order valence-corrected chi connectivity index (χ3v) is 3.41. The van der Waals surface area contributed by atoms with E-state index in [0.717, 1.165) is 5.69 Å². The van der Waals surface area contributed by atoms with Crippen molar-refractivity contribution in [2.75, 3.05) is 5.32 Å². The molecule has 100 valence electrons. The van der Waals surface area contributed by atoms with Crippen LogP contribution in [0.25, 0.3) is 10.9 Å². The molecule has 0 aliphatic carbocycles. The van der Waals surface area contributed by atoms with Crippen LogP contribution >= 0.6 is 11.3 Å². The van der Waals surface area contributed by atoms with Gasteiger partial charge in [-0.2, -0.15) is 0 Å².